The van der Waals surface area contributed by atoms with Gasteiger partial charge in [-0.2, -0.15) is 0 Å². The first-order chi connectivity index (χ1) is 8.11. The summed E-state index contributed by atoms with van der Waals surface area (Å²) in [5.41, 5.74) is 2.77. The molecule has 0 aliphatic heterocycles. The van der Waals surface area contributed by atoms with E-state index in [-0.39, 0.29) is 19.4 Å². The van der Waals surface area contributed by atoms with Crippen LogP contribution in [0.1, 0.15) is 33.6 Å². The molecule has 0 fully saturated rings. The van der Waals surface area contributed by atoms with Gasteiger partial charge in [0.25, 0.3) is 0 Å². The van der Waals surface area contributed by atoms with Crippen molar-refractivity contribution in [2.75, 3.05) is 6.54 Å². The predicted octanol–water partition coefficient (Wildman–Crippen LogP) is -1.99. The van der Waals surface area contributed by atoms with Gasteiger partial charge < -0.3 is 30.8 Å². The second-order valence-corrected chi connectivity index (χ2v) is 5.13. The fraction of sp³-hybridized carbons (Fsp3) is 0.818. The minimum absolute atomic E-state index is 0.00861. The number of aliphatic carboxylic acids is 1. The van der Waals surface area contributed by atoms with Crippen LogP contribution in [0.3, 0.4) is 0 Å². The summed E-state index contributed by atoms with van der Waals surface area (Å²) in [6, 6.07) is -0.860. The minimum Gasteiger partial charge on any atom is -0.544 e. The molecule has 0 saturated carbocycles. The Morgan fingerprint density at radius 3 is 2.39 bits per heavy atom. The van der Waals surface area contributed by atoms with Crippen molar-refractivity contribution in [3.63, 3.8) is 0 Å². The van der Waals surface area contributed by atoms with Crippen molar-refractivity contribution < 1.29 is 30.3 Å². The number of rotatable bonds is 6. The Bertz CT molecular complexity index is 288. The molecule has 0 spiro atoms. The molecule has 0 radical (unpaired) electrons. The van der Waals surface area contributed by atoms with Gasteiger partial charge in [-0.05, 0) is 27.2 Å². The van der Waals surface area contributed by atoms with Crippen LogP contribution >= 0.6 is 0 Å². The van der Waals surface area contributed by atoms with E-state index in [0.717, 1.165) is 0 Å². The number of carboxylic acid groups (broad SMARTS) is 1. The summed E-state index contributed by atoms with van der Waals surface area (Å²) in [5, 5.41) is 22.3. The van der Waals surface area contributed by atoms with Crippen LogP contribution in [-0.2, 0) is 9.53 Å². The number of quaternary nitrogens is 1. The van der Waals surface area contributed by atoms with Crippen molar-refractivity contribution in [1.29, 1.82) is 0 Å². The van der Waals surface area contributed by atoms with E-state index in [1.54, 1.807) is 20.8 Å². The molecule has 0 heterocycles. The maximum absolute atomic E-state index is 11.2. The number of amides is 1. The van der Waals surface area contributed by atoms with Gasteiger partial charge in [0.1, 0.15) is 11.6 Å². The van der Waals surface area contributed by atoms with Crippen molar-refractivity contribution in [3.05, 3.63) is 0 Å². The largest absolute Gasteiger partial charge is 0.544 e. The number of nitrogens with one attached hydrogen (secondary N) is 1. The maximum Gasteiger partial charge on any atom is 0.407 e. The topological polar surface area (TPSA) is 126 Å². The number of aliphatic hydroxyl groups is 1. The van der Waals surface area contributed by atoms with E-state index in [1.165, 1.54) is 0 Å². The quantitative estimate of drug-likeness (QED) is 0.511. The van der Waals surface area contributed by atoms with E-state index < -0.39 is 29.8 Å². The van der Waals surface area contributed by atoms with E-state index in [0.29, 0.717) is 0 Å². The molecule has 0 rings (SSSR count). The van der Waals surface area contributed by atoms with Crippen LogP contribution in [0.25, 0.3) is 0 Å². The Hall–Kier alpha value is -1.34. The van der Waals surface area contributed by atoms with Crippen LogP contribution in [0.15, 0.2) is 0 Å². The number of hydrogen-bond acceptors (Lipinski definition) is 5. The third-order valence-corrected chi connectivity index (χ3v) is 2.06. The lowest BCUT2D eigenvalue weighted by Crippen LogP contribution is -2.68. The highest BCUT2D eigenvalue weighted by Gasteiger charge is 2.17. The molecule has 1 amide bonds. The molecule has 0 aliphatic carbocycles. The third-order valence-electron chi connectivity index (χ3n) is 2.06. The molecule has 0 aromatic heterocycles. The molecule has 18 heavy (non-hydrogen) atoms. The van der Waals surface area contributed by atoms with Crippen molar-refractivity contribution in [2.45, 2.75) is 51.4 Å². The first-order valence-electron chi connectivity index (χ1n) is 5.80. The molecule has 5 N–H and O–H groups in total. The van der Waals surface area contributed by atoms with Gasteiger partial charge in [0.05, 0.1) is 12.1 Å². The Balaban J connectivity index is 3.80. The first-order valence-corrected chi connectivity index (χ1v) is 5.80. The van der Waals surface area contributed by atoms with E-state index >= 15 is 0 Å². The molecule has 0 aromatic carbocycles. The maximum atomic E-state index is 11.2. The summed E-state index contributed by atoms with van der Waals surface area (Å²) in [6.07, 6.45) is -1.04. The third kappa shape index (κ3) is 8.77. The monoisotopic (exact) mass is 262 g/mol. The lowest BCUT2D eigenvalue weighted by molar-refractivity contribution is -0.438. The van der Waals surface area contributed by atoms with Crippen molar-refractivity contribution in [3.8, 4) is 0 Å². The van der Waals surface area contributed by atoms with Crippen LogP contribution in [0.2, 0.25) is 0 Å². The molecule has 0 aromatic rings. The van der Waals surface area contributed by atoms with Gasteiger partial charge in [-0.15, -0.1) is 0 Å². The molecule has 0 saturated heterocycles. The molecule has 7 nitrogen and oxygen atoms in total. The zero-order chi connectivity index (χ0) is 14.3. The Kier molecular flexibility index (Phi) is 6.64. The van der Waals surface area contributed by atoms with E-state index in [2.05, 4.69) is 11.1 Å². The highest BCUT2D eigenvalue weighted by molar-refractivity contribution is 5.69. The second-order valence-electron chi connectivity index (χ2n) is 5.13. The average molecular weight is 262 g/mol. The molecule has 0 unspecified atom stereocenters. The molecule has 2 atom stereocenters. The molecule has 0 bridgehead atoms. The van der Waals surface area contributed by atoms with Gasteiger partial charge in [-0.25, -0.2) is 4.79 Å². The number of aliphatic hydroxyl groups excluding tert-OH is 1. The lowest BCUT2D eigenvalue weighted by Gasteiger charge is -2.20. The minimum atomic E-state index is -1.25. The lowest BCUT2D eigenvalue weighted by atomic mass is 10.1. The number of ether oxygens (including phenoxy) is 1. The molecule has 0 aliphatic rings. The van der Waals surface area contributed by atoms with E-state index in [9.17, 15) is 19.8 Å². The zero-order valence-corrected chi connectivity index (χ0v) is 11.1. The van der Waals surface area contributed by atoms with E-state index in [1.807, 2.05) is 0 Å². The van der Waals surface area contributed by atoms with Crippen molar-refractivity contribution in [1.82, 2.24) is 5.32 Å². The first kappa shape index (κ1) is 16.7. The SMILES string of the molecule is CC(C)(C)OC(=O)NC[C@@H](O)CC[C@H]([NH3+])C(=O)[O-]. The number of carbonyl (C=O) groups is 2. The normalized spacial score (nSPS) is 14.7. The molecular formula is C11H22N2O5. The highest BCUT2D eigenvalue weighted by Crippen LogP contribution is 2.06. The number of carboxylic acids is 1. The van der Waals surface area contributed by atoms with Crippen LogP contribution in [-0.4, -0.2) is 41.5 Å². The van der Waals surface area contributed by atoms with Crippen molar-refractivity contribution in [2.24, 2.45) is 0 Å². The molecule has 106 valence electrons. The predicted molar refractivity (Wildman–Crippen MR) is 61.2 cm³/mol. The molecule has 7 heteroatoms. The summed E-state index contributed by atoms with van der Waals surface area (Å²) < 4.78 is 4.97. The number of carbonyl (C=O) groups excluding carboxylic acids is 2. The van der Waals surface area contributed by atoms with Crippen LogP contribution in [0, 0.1) is 0 Å². The number of hydrogen-bond donors (Lipinski definition) is 3. The van der Waals surface area contributed by atoms with Gasteiger partial charge in [0, 0.05) is 13.0 Å². The standard InChI is InChI=1S/C11H22N2O5/c1-11(2,3)18-10(17)13-6-7(14)4-5-8(12)9(15)16/h7-8,14H,4-6,12H2,1-3H3,(H,13,17)(H,15,16)/t7-,8-/m0/s1. The number of alkyl carbamates (subject to hydrolysis) is 1. The van der Waals surface area contributed by atoms with E-state index in [4.69, 9.17) is 4.74 Å². The Morgan fingerprint density at radius 1 is 1.39 bits per heavy atom. The van der Waals surface area contributed by atoms with Crippen LogP contribution in [0.5, 0.6) is 0 Å². The zero-order valence-electron chi connectivity index (χ0n) is 11.1. The van der Waals surface area contributed by atoms with Gasteiger partial charge in [0.2, 0.25) is 0 Å². The second kappa shape index (κ2) is 7.17. The summed E-state index contributed by atoms with van der Waals surface area (Å²) in [7, 11) is 0. The van der Waals surface area contributed by atoms with Gasteiger partial charge >= 0.3 is 6.09 Å². The highest BCUT2D eigenvalue weighted by atomic mass is 16.6. The Labute approximate surface area is 106 Å². The average Bonchev–Trinajstić information content (AvgIpc) is 2.20. The summed E-state index contributed by atoms with van der Waals surface area (Å²) >= 11 is 0. The molecular weight excluding hydrogens is 240 g/mol. The van der Waals surface area contributed by atoms with Crippen LogP contribution < -0.4 is 16.2 Å². The van der Waals surface area contributed by atoms with Crippen molar-refractivity contribution >= 4 is 12.1 Å². The fourth-order valence-corrected chi connectivity index (χ4v) is 1.13. The summed E-state index contributed by atoms with van der Waals surface area (Å²) in [4.78, 5) is 21.6. The summed E-state index contributed by atoms with van der Waals surface area (Å²) in [6.45, 7) is 5.21. The fourth-order valence-electron chi connectivity index (χ4n) is 1.13. The van der Waals surface area contributed by atoms with Gasteiger partial charge in [-0.3, -0.25) is 0 Å². The summed E-state index contributed by atoms with van der Waals surface area (Å²) in [5.74, 6) is -1.25. The smallest absolute Gasteiger partial charge is 0.407 e. The van der Waals surface area contributed by atoms with Gasteiger partial charge in [-0.1, -0.05) is 0 Å². The Morgan fingerprint density at radius 2 is 1.94 bits per heavy atom. The van der Waals surface area contributed by atoms with Crippen LogP contribution in [0.4, 0.5) is 4.79 Å². The van der Waals surface area contributed by atoms with Gasteiger partial charge in [0.15, 0.2) is 0 Å².